The standard InChI is InChI=1S/C9H19N/c1-3-9-6-5-7-10(4-2)8-9/h9H,3-8H2,1-2H3. The normalized spacial score (nSPS) is 28.8. The van der Waals surface area contributed by atoms with Gasteiger partial charge in [0, 0.05) is 6.54 Å². The molecular weight excluding hydrogens is 122 g/mol. The first kappa shape index (κ1) is 8.06. The number of rotatable bonds is 2. The Morgan fingerprint density at radius 1 is 1.40 bits per heavy atom. The molecule has 0 spiro atoms. The van der Waals surface area contributed by atoms with Gasteiger partial charge in [0.25, 0.3) is 0 Å². The lowest BCUT2D eigenvalue weighted by molar-refractivity contribution is 0.179. The van der Waals surface area contributed by atoms with Gasteiger partial charge in [0.15, 0.2) is 0 Å². The molecule has 1 atom stereocenters. The molecule has 0 N–H and O–H groups in total. The third-order valence-corrected chi connectivity index (χ3v) is 2.63. The van der Waals surface area contributed by atoms with Crippen LogP contribution in [0.4, 0.5) is 0 Å². The highest BCUT2D eigenvalue weighted by Crippen LogP contribution is 2.18. The highest BCUT2D eigenvalue weighted by Gasteiger charge is 2.15. The van der Waals surface area contributed by atoms with Gasteiger partial charge in [-0.3, -0.25) is 0 Å². The Balaban J connectivity index is 2.25. The number of piperidine rings is 1. The van der Waals surface area contributed by atoms with E-state index in [1.165, 1.54) is 38.9 Å². The third kappa shape index (κ3) is 1.98. The molecule has 0 aromatic heterocycles. The molecule has 1 unspecified atom stereocenters. The molecule has 1 heterocycles. The molecule has 1 aliphatic heterocycles. The molecule has 1 fully saturated rings. The van der Waals surface area contributed by atoms with E-state index in [-0.39, 0.29) is 0 Å². The summed E-state index contributed by atoms with van der Waals surface area (Å²) >= 11 is 0. The smallest absolute Gasteiger partial charge is 0.000945 e. The van der Waals surface area contributed by atoms with Gasteiger partial charge in [0.05, 0.1) is 0 Å². The zero-order valence-electron chi connectivity index (χ0n) is 7.27. The summed E-state index contributed by atoms with van der Waals surface area (Å²) < 4.78 is 0. The molecular formula is C9H19N. The fourth-order valence-electron chi connectivity index (χ4n) is 1.77. The minimum absolute atomic E-state index is 0.994. The molecule has 0 aliphatic carbocycles. The van der Waals surface area contributed by atoms with Crippen LogP contribution in [0.1, 0.15) is 33.1 Å². The van der Waals surface area contributed by atoms with Gasteiger partial charge in [-0.15, -0.1) is 0 Å². The maximum absolute atomic E-state index is 2.57. The topological polar surface area (TPSA) is 3.24 Å². The summed E-state index contributed by atoms with van der Waals surface area (Å²) in [6, 6.07) is 0. The van der Waals surface area contributed by atoms with E-state index in [1.807, 2.05) is 0 Å². The molecule has 1 nitrogen and oxygen atoms in total. The van der Waals surface area contributed by atoms with Gasteiger partial charge in [-0.05, 0) is 31.8 Å². The Hall–Kier alpha value is -0.0400. The van der Waals surface area contributed by atoms with Crippen molar-refractivity contribution in [2.45, 2.75) is 33.1 Å². The van der Waals surface area contributed by atoms with Crippen LogP contribution in [0.15, 0.2) is 0 Å². The van der Waals surface area contributed by atoms with Crippen molar-refractivity contribution in [3.05, 3.63) is 0 Å². The van der Waals surface area contributed by atoms with Crippen molar-refractivity contribution in [3.63, 3.8) is 0 Å². The number of hydrogen-bond acceptors (Lipinski definition) is 1. The van der Waals surface area contributed by atoms with Gasteiger partial charge < -0.3 is 4.90 Å². The lowest BCUT2D eigenvalue weighted by atomic mass is 9.96. The van der Waals surface area contributed by atoms with E-state index in [4.69, 9.17) is 0 Å². The van der Waals surface area contributed by atoms with E-state index >= 15 is 0 Å². The van der Waals surface area contributed by atoms with E-state index in [0.29, 0.717) is 0 Å². The largest absolute Gasteiger partial charge is 0.303 e. The van der Waals surface area contributed by atoms with Gasteiger partial charge in [-0.25, -0.2) is 0 Å². The second-order valence-electron chi connectivity index (χ2n) is 3.31. The first-order valence-corrected chi connectivity index (χ1v) is 4.59. The van der Waals surface area contributed by atoms with E-state index in [2.05, 4.69) is 18.7 Å². The van der Waals surface area contributed by atoms with E-state index < -0.39 is 0 Å². The van der Waals surface area contributed by atoms with Crippen molar-refractivity contribution in [2.75, 3.05) is 19.6 Å². The number of hydrogen-bond donors (Lipinski definition) is 0. The van der Waals surface area contributed by atoms with Crippen LogP contribution >= 0.6 is 0 Å². The van der Waals surface area contributed by atoms with Gasteiger partial charge in [-0.1, -0.05) is 20.3 Å². The molecule has 0 amide bonds. The molecule has 60 valence electrons. The van der Waals surface area contributed by atoms with Crippen molar-refractivity contribution < 1.29 is 0 Å². The molecule has 1 aliphatic rings. The Morgan fingerprint density at radius 2 is 2.20 bits per heavy atom. The Morgan fingerprint density at radius 3 is 2.80 bits per heavy atom. The average Bonchev–Trinajstić information content (AvgIpc) is 2.05. The highest BCUT2D eigenvalue weighted by atomic mass is 15.1. The van der Waals surface area contributed by atoms with Crippen LogP contribution in [0.2, 0.25) is 0 Å². The summed E-state index contributed by atoms with van der Waals surface area (Å²) in [5.41, 5.74) is 0. The summed E-state index contributed by atoms with van der Waals surface area (Å²) in [5, 5.41) is 0. The summed E-state index contributed by atoms with van der Waals surface area (Å²) in [6.45, 7) is 8.51. The molecule has 0 bridgehead atoms. The second-order valence-corrected chi connectivity index (χ2v) is 3.31. The van der Waals surface area contributed by atoms with Crippen molar-refractivity contribution in [1.82, 2.24) is 4.90 Å². The minimum Gasteiger partial charge on any atom is -0.303 e. The van der Waals surface area contributed by atoms with Crippen molar-refractivity contribution in [3.8, 4) is 0 Å². The summed E-state index contributed by atoms with van der Waals surface area (Å²) in [5.74, 6) is 0.994. The van der Waals surface area contributed by atoms with Crippen LogP contribution in [0.25, 0.3) is 0 Å². The maximum atomic E-state index is 2.57. The van der Waals surface area contributed by atoms with Crippen LogP contribution < -0.4 is 0 Å². The summed E-state index contributed by atoms with van der Waals surface area (Å²) in [7, 11) is 0. The lowest BCUT2D eigenvalue weighted by Crippen LogP contribution is -2.34. The fourth-order valence-corrected chi connectivity index (χ4v) is 1.77. The Labute approximate surface area is 64.4 Å². The SMILES string of the molecule is CCC1CCCN(CC)C1. The van der Waals surface area contributed by atoms with Crippen molar-refractivity contribution in [2.24, 2.45) is 5.92 Å². The van der Waals surface area contributed by atoms with Crippen LogP contribution in [0.5, 0.6) is 0 Å². The first-order chi connectivity index (χ1) is 4.86. The highest BCUT2D eigenvalue weighted by molar-refractivity contribution is 4.70. The van der Waals surface area contributed by atoms with Gasteiger partial charge >= 0.3 is 0 Å². The zero-order chi connectivity index (χ0) is 7.40. The van der Waals surface area contributed by atoms with Crippen LogP contribution in [-0.2, 0) is 0 Å². The Bertz CT molecular complexity index is 80.7. The summed E-state index contributed by atoms with van der Waals surface area (Å²) in [6.07, 6.45) is 4.26. The van der Waals surface area contributed by atoms with E-state index in [0.717, 1.165) is 5.92 Å². The van der Waals surface area contributed by atoms with E-state index in [9.17, 15) is 0 Å². The fraction of sp³-hybridized carbons (Fsp3) is 1.00. The van der Waals surface area contributed by atoms with Crippen molar-refractivity contribution in [1.29, 1.82) is 0 Å². The van der Waals surface area contributed by atoms with Crippen LogP contribution in [0.3, 0.4) is 0 Å². The second kappa shape index (κ2) is 3.97. The maximum Gasteiger partial charge on any atom is 0.000945 e. The van der Waals surface area contributed by atoms with Crippen LogP contribution in [-0.4, -0.2) is 24.5 Å². The number of nitrogens with zero attached hydrogens (tertiary/aromatic N) is 1. The zero-order valence-corrected chi connectivity index (χ0v) is 7.27. The monoisotopic (exact) mass is 141 g/mol. The van der Waals surface area contributed by atoms with Gasteiger partial charge in [0.1, 0.15) is 0 Å². The number of likely N-dealkylation sites (tertiary alicyclic amines) is 1. The third-order valence-electron chi connectivity index (χ3n) is 2.63. The summed E-state index contributed by atoms with van der Waals surface area (Å²) in [4.78, 5) is 2.57. The average molecular weight is 141 g/mol. The van der Waals surface area contributed by atoms with E-state index in [1.54, 1.807) is 0 Å². The van der Waals surface area contributed by atoms with Crippen LogP contribution in [0, 0.1) is 5.92 Å². The molecule has 0 saturated carbocycles. The predicted molar refractivity (Wildman–Crippen MR) is 45.1 cm³/mol. The molecule has 1 heteroatoms. The molecule has 0 aromatic rings. The molecule has 0 radical (unpaired) electrons. The molecule has 10 heavy (non-hydrogen) atoms. The Kier molecular flexibility index (Phi) is 3.20. The molecule has 1 saturated heterocycles. The molecule has 1 rings (SSSR count). The van der Waals surface area contributed by atoms with Gasteiger partial charge in [0.2, 0.25) is 0 Å². The molecule has 0 aromatic carbocycles. The minimum atomic E-state index is 0.994. The first-order valence-electron chi connectivity index (χ1n) is 4.59. The van der Waals surface area contributed by atoms with Crippen molar-refractivity contribution >= 4 is 0 Å². The predicted octanol–water partition coefficient (Wildman–Crippen LogP) is 2.13. The van der Waals surface area contributed by atoms with Gasteiger partial charge in [-0.2, -0.15) is 0 Å². The lowest BCUT2D eigenvalue weighted by Gasteiger charge is -2.31. The quantitative estimate of drug-likeness (QED) is 0.569.